The van der Waals surface area contributed by atoms with Gasteiger partial charge in [0.15, 0.2) is 0 Å². The molecule has 0 aliphatic rings. The number of aromatic nitrogens is 4. The molecule has 80 valence electrons. The van der Waals surface area contributed by atoms with E-state index >= 15 is 0 Å². The Hall–Kier alpha value is -1.66. The third-order valence-corrected chi connectivity index (χ3v) is 2.07. The third-order valence-electron chi connectivity index (χ3n) is 2.07. The fourth-order valence-electron chi connectivity index (χ4n) is 1.39. The molecule has 0 atom stereocenters. The maximum Gasteiger partial charge on any atom is 0.136 e. The molecule has 0 saturated carbocycles. The summed E-state index contributed by atoms with van der Waals surface area (Å²) in [5.74, 6) is 0. The molecule has 15 heavy (non-hydrogen) atoms. The zero-order valence-corrected chi connectivity index (χ0v) is 8.11. The van der Waals surface area contributed by atoms with Gasteiger partial charge in [0.1, 0.15) is 13.5 Å². The second kappa shape index (κ2) is 4.24. The summed E-state index contributed by atoms with van der Waals surface area (Å²) in [5.41, 5.74) is 2.00. The molecule has 2 N–H and O–H groups in total. The van der Waals surface area contributed by atoms with Gasteiger partial charge < -0.3 is 10.2 Å². The highest BCUT2D eigenvalue weighted by atomic mass is 16.3. The Kier molecular flexibility index (Phi) is 2.79. The van der Waals surface area contributed by atoms with Crippen LogP contribution in [-0.2, 0) is 19.9 Å². The first-order valence-corrected chi connectivity index (χ1v) is 4.56. The lowest BCUT2D eigenvalue weighted by Crippen LogP contribution is -1.95. The van der Waals surface area contributed by atoms with Crippen LogP contribution in [0.5, 0.6) is 0 Å². The van der Waals surface area contributed by atoms with Gasteiger partial charge >= 0.3 is 0 Å². The number of hydrogen-bond donors (Lipinski definition) is 2. The number of aliphatic hydroxyl groups is 2. The zero-order valence-electron chi connectivity index (χ0n) is 8.11. The smallest absolute Gasteiger partial charge is 0.136 e. The minimum atomic E-state index is -0.115. The van der Waals surface area contributed by atoms with Crippen molar-refractivity contribution in [3.8, 4) is 0 Å². The highest BCUT2D eigenvalue weighted by Crippen LogP contribution is 2.07. The van der Waals surface area contributed by atoms with Gasteiger partial charge in [-0.2, -0.15) is 10.2 Å². The Morgan fingerprint density at radius 2 is 1.40 bits per heavy atom. The van der Waals surface area contributed by atoms with Crippen LogP contribution < -0.4 is 0 Å². The Morgan fingerprint density at radius 1 is 0.933 bits per heavy atom. The van der Waals surface area contributed by atoms with E-state index in [1.807, 2.05) is 0 Å². The molecule has 0 aromatic carbocycles. The predicted octanol–water partition coefficient (Wildman–Crippen LogP) is -0.430. The minimum absolute atomic E-state index is 0.115. The molecule has 6 heteroatoms. The summed E-state index contributed by atoms with van der Waals surface area (Å²) >= 11 is 0. The number of nitrogens with zero attached hydrogens (tertiary/aromatic N) is 4. The average molecular weight is 208 g/mol. The highest BCUT2D eigenvalue weighted by molar-refractivity contribution is 5.17. The van der Waals surface area contributed by atoms with Crippen LogP contribution in [-0.4, -0.2) is 29.8 Å². The zero-order chi connectivity index (χ0) is 10.7. The summed E-state index contributed by atoms with van der Waals surface area (Å²) < 4.78 is 2.90. The van der Waals surface area contributed by atoms with E-state index in [1.165, 1.54) is 9.36 Å². The average Bonchev–Trinajstić information content (AvgIpc) is 2.87. The van der Waals surface area contributed by atoms with Crippen LogP contribution in [0.25, 0.3) is 0 Å². The first-order chi connectivity index (χ1) is 7.31. The van der Waals surface area contributed by atoms with E-state index in [-0.39, 0.29) is 13.5 Å². The second-order valence-corrected chi connectivity index (χ2v) is 3.24. The summed E-state index contributed by atoms with van der Waals surface area (Å²) in [6, 6.07) is 0. The lowest BCUT2D eigenvalue weighted by molar-refractivity contribution is 0.195. The van der Waals surface area contributed by atoms with E-state index in [9.17, 15) is 0 Å². The van der Waals surface area contributed by atoms with Crippen LogP contribution in [0.2, 0.25) is 0 Å². The Morgan fingerprint density at radius 3 is 1.73 bits per heavy atom. The molecule has 0 unspecified atom stereocenters. The summed E-state index contributed by atoms with van der Waals surface area (Å²) in [5, 5.41) is 25.5. The van der Waals surface area contributed by atoms with E-state index in [0.29, 0.717) is 6.42 Å². The number of aliphatic hydroxyl groups excluding tert-OH is 2. The summed E-state index contributed by atoms with van der Waals surface area (Å²) in [7, 11) is 0. The van der Waals surface area contributed by atoms with Crippen molar-refractivity contribution in [2.75, 3.05) is 0 Å². The van der Waals surface area contributed by atoms with Gasteiger partial charge in [-0.25, -0.2) is 9.36 Å². The molecular weight excluding hydrogens is 196 g/mol. The van der Waals surface area contributed by atoms with Crippen molar-refractivity contribution in [2.45, 2.75) is 19.9 Å². The maximum absolute atomic E-state index is 8.81. The molecule has 0 bridgehead atoms. The first-order valence-electron chi connectivity index (χ1n) is 4.56. The second-order valence-electron chi connectivity index (χ2n) is 3.24. The van der Waals surface area contributed by atoms with Gasteiger partial charge in [-0.3, -0.25) is 0 Å². The van der Waals surface area contributed by atoms with Crippen LogP contribution in [0, 0.1) is 0 Å². The summed E-state index contributed by atoms with van der Waals surface area (Å²) in [6.07, 6.45) is 7.64. The van der Waals surface area contributed by atoms with Crippen molar-refractivity contribution < 1.29 is 10.2 Å². The van der Waals surface area contributed by atoms with Crippen molar-refractivity contribution in [2.24, 2.45) is 0 Å². The van der Waals surface area contributed by atoms with E-state index < -0.39 is 0 Å². The molecule has 0 aliphatic heterocycles. The molecule has 2 aromatic heterocycles. The number of hydrogen-bond acceptors (Lipinski definition) is 4. The normalized spacial score (nSPS) is 10.8. The van der Waals surface area contributed by atoms with E-state index in [4.69, 9.17) is 10.2 Å². The van der Waals surface area contributed by atoms with Crippen LogP contribution in [0.15, 0.2) is 24.8 Å². The molecule has 0 amide bonds. The molecule has 2 aromatic rings. The lowest BCUT2D eigenvalue weighted by atomic mass is 10.2. The standard InChI is InChI=1S/C9H12N4O2/c14-6-12-4-8(2-10-12)1-9-3-11-13(5-9)7-15/h2-5,14-15H,1,6-7H2. The van der Waals surface area contributed by atoms with Gasteiger partial charge in [0.05, 0.1) is 12.4 Å². The van der Waals surface area contributed by atoms with Crippen molar-refractivity contribution in [3.05, 3.63) is 35.9 Å². The largest absolute Gasteiger partial charge is 0.374 e. The van der Waals surface area contributed by atoms with Crippen molar-refractivity contribution in [3.63, 3.8) is 0 Å². The highest BCUT2D eigenvalue weighted by Gasteiger charge is 2.02. The van der Waals surface area contributed by atoms with Gasteiger partial charge in [-0.15, -0.1) is 0 Å². The van der Waals surface area contributed by atoms with Crippen LogP contribution in [0.4, 0.5) is 0 Å². The van der Waals surface area contributed by atoms with Gasteiger partial charge in [-0.05, 0) is 11.1 Å². The van der Waals surface area contributed by atoms with Crippen molar-refractivity contribution >= 4 is 0 Å². The van der Waals surface area contributed by atoms with Crippen molar-refractivity contribution in [1.29, 1.82) is 0 Å². The monoisotopic (exact) mass is 208 g/mol. The molecule has 0 radical (unpaired) electrons. The molecule has 0 fully saturated rings. The molecule has 0 saturated heterocycles. The summed E-state index contributed by atoms with van der Waals surface area (Å²) in [4.78, 5) is 0. The van der Waals surface area contributed by atoms with E-state index in [2.05, 4.69) is 10.2 Å². The summed E-state index contributed by atoms with van der Waals surface area (Å²) in [6.45, 7) is -0.230. The Bertz CT molecular complexity index is 395. The van der Waals surface area contributed by atoms with Crippen molar-refractivity contribution in [1.82, 2.24) is 19.6 Å². The van der Waals surface area contributed by atoms with E-state index in [0.717, 1.165) is 11.1 Å². The molecule has 0 spiro atoms. The SMILES string of the molecule is OCn1cc(Cc2cnn(CO)c2)cn1. The van der Waals surface area contributed by atoms with Crippen LogP contribution in [0.3, 0.4) is 0 Å². The van der Waals surface area contributed by atoms with E-state index in [1.54, 1.807) is 24.8 Å². The van der Waals surface area contributed by atoms with Gasteiger partial charge in [0, 0.05) is 18.8 Å². The fraction of sp³-hybridized carbons (Fsp3) is 0.333. The molecule has 0 aliphatic carbocycles. The van der Waals surface area contributed by atoms with Crippen LogP contribution >= 0.6 is 0 Å². The lowest BCUT2D eigenvalue weighted by Gasteiger charge is -1.93. The topological polar surface area (TPSA) is 76.1 Å². The molecule has 2 heterocycles. The first kappa shape index (κ1) is 9.88. The third kappa shape index (κ3) is 2.23. The Balaban J connectivity index is 2.07. The molecule has 6 nitrogen and oxygen atoms in total. The molecule has 2 rings (SSSR count). The maximum atomic E-state index is 8.81. The minimum Gasteiger partial charge on any atom is -0.374 e. The van der Waals surface area contributed by atoms with Gasteiger partial charge in [-0.1, -0.05) is 0 Å². The fourth-order valence-corrected chi connectivity index (χ4v) is 1.39. The van der Waals surface area contributed by atoms with Crippen LogP contribution in [0.1, 0.15) is 11.1 Å². The van der Waals surface area contributed by atoms with Gasteiger partial charge in [0.25, 0.3) is 0 Å². The van der Waals surface area contributed by atoms with Gasteiger partial charge in [0.2, 0.25) is 0 Å². The molecular formula is C9H12N4O2. The predicted molar refractivity (Wildman–Crippen MR) is 51.7 cm³/mol. The number of rotatable bonds is 4. The Labute approximate surface area is 86.4 Å². The quantitative estimate of drug-likeness (QED) is 0.714.